The molecule has 3 unspecified atom stereocenters. The fraction of sp³-hybridized carbons (Fsp3) is 0.529. The van der Waals surface area contributed by atoms with Crippen molar-refractivity contribution in [2.45, 2.75) is 18.3 Å². The van der Waals surface area contributed by atoms with E-state index in [2.05, 4.69) is 5.32 Å². The van der Waals surface area contributed by atoms with E-state index in [0.717, 1.165) is 0 Å². The van der Waals surface area contributed by atoms with Gasteiger partial charge in [0, 0.05) is 6.54 Å². The van der Waals surface area contributed by atoms with Crippen molar-refractivity contribution in [2.75, 3.05) is 39.6 Å². The molecule has 3 aliphatic rings. The predicted molar refractivity (Wildman–Crippen MR) is 87.5 cm³/mol. The number of benzene rings is 1. The number of hydrogen-bond acceptors (Lipinski definition) is 7. The van der Waals surface area contributed by atoms with Crippen LogP contribution < -0.4 is 20.5 Å². The van der Waals surface area contributed by atoms with Crippen molar-refractivity contribution in [1.82, 2.24) is 5.32 Å². The zero-order chi connectivity index (χ0) is 18.1. The van der Waals surface area contributed by atoms with Crippen LogP contribution >= 0.6 is 0 Å². The van der Waals surface area contributed by atoms with Crippen molar-refractivity contribution in [1.29, 1.82) is 0 Å². The molecule has 0 radical (unpaired) electrons. The first kappa shape index (κ1) is 17.1. The van der Waals surface area contributed by atoms with Crippen LogP contribution in [0.1, 0.15) is 20.7 Å². The van der Waals surface area contributed by atoms with Crippen molar-refractivity contribution < 1.29 is 33.3 Å². The molecule has 3 atom stereocenters. The van der Waals surface area contributed by atoms with E-state index in [9.17, 15) is 9.59 Å². The molecule has 3 aliphatic heterocycles. The maximum Gasteiger partial charge on any atom is 0.256 e. The molecule has 3 heterocycles. The molecule has 140 valence electrons. The number of epoxide rings is 3. The van der Waals surface area contributed by atoms with E-state index in [1.165, 1.54) is 0 Å². The molecule has 9 heteroatoms. The Morgan fingerprint density at radius 1 is 1.04 bits per heavy atom. The molecule has 3 saturated heterocycles. The third-order valence-electron chi connectivity index (χ3n) is 4.15. The monoisotopic (exact) mass is 364 g/mol. The van der Waals surface area contributed by atoms with E-state index >= 15 is 0 Å². The van der Waals surface area contributed by atoms with Crippen LogP contribution in [-0.2, 0) is 14.2 Å². The maximum absolute atomic E-state index is 12.5. The molecule has 4 rings (SSSR count). The number of hydrogen-bond donors (Lipinski definition) is 2. The Hall–Kier alpha value is -2.36. The second-order valence-electron chi connectivity index (χ2n) is 6.38. The minimum atomic E-state index is -0.733. The SMILES string of the molecule is NC(=O)c1c(OCC2CO2)ccc(C(=O)NCC2CO2)c1OCC1CO1. The average Bonchev–Trinajstić information content (AvgIpc) is 3.48. The lowest BCUT2D eigenvalue weighted by Gasteiger charge is -2.17. The second-order valence-corrected chi connectivity index (χ2v) is 6.38. The van der Waals surface area contributed by atoms with E-state index in [4.69, 9.17) is 29.4 Å². The molecule has 3 fully saturated rings. The van der Waals surface area contributed by atoms with Gasteiger partial charge < -0.3 is 34.7 Å². The Bertz CT molecular complexity index is 711. The molecule has 2 amide bonds. The molecule has 0 spiro atoms. The van der Waals surface area contributed by atoms with E-state index in [0.29, 0.717) is 33.0 Å². The van der Waals surface area contributed by atoms with Crippen molar-refractivity contribution >= 4 is 11.8 Å². The van der Waals surface area contributed by atoms with Crippen molar-refractivity contribution in [3.8, 4) is 11.5 Å². The van der Waals surface area contributed by atoms with Crippen LogP contribution in [0.4, 0.5) is 0 Å². The second kappa shape index (κ2) is 7.10. The number of primary amides is 1. The Balaban J connectivity index is 1.59. The lowest BCUT2D eigenvalue weighted by Crippen LogP contribution is -2.29. The van der Waals surface area contributed by atoms with E-state index in [-0.39, 0.29) is 53.5 Å². The van der Waals surface area contributed by atoms with Gasteiger partial charge in [-0.3, -0.25) is 9.59 Å². The minimum absolute atomic E-state index is 0.0153. The molecule has 0 bridgehead atoms. The molecule has 0 saturated carbocycles. The number of carbonyl (C=O) groups is 2. The van der Waals surface area contributed by atoms with Gasteiger partial charge in [0.25, 0.3) is 11.8 Å². The van der Waals surface area contributed by atoms with Gasteiger partial charge in [0.05, 0.1) is 31.5 Å². The summed E-state index contributed by atoms with van der Waals surface area (Å²) >= 11 is 0. The zero-order valence-corrected chi connectivity index (χ0v) is 14.1. The largest absolute Gasteiger partial charge is 0.490 e. The quantitative estimate of drug-likeness (QED) is 0.534. The maximum atomic E-state index is 12.5. The van der Waals surface area contributed by atoms with Gasteiger partial charge in [-0.15, -0.1) is 0 Å². The molecular formula is C17H20N2O7. The van der Waals surface area contributed by atoms with Gasteiger partial charge in [-0.2, -0.15) is 0 Å². The van der Waals surface area contributed by atoms with Gasteiger partial charge in [0.1, 0.15) is 42.5 Å². The normalized spacial score (nSPS) is 25.3. The highest BCUT2D eigenvalue weighted by atomic mass is 16.6. The van der Waals surface area contributed by atoms with Gasteiger partial charge in [0.2, 0.25) is 0 Å². The van der Waals surface area contributed by atoms with E-state index in [1.54, 1.807) is 12.1 Å². The van der Waals surface area contributed by atoms with Crippen LogP contribution in [0.15, 0.2) is 12.1 Å². The number of nitrogens with two attached hydrogens (primary N) is 1. The third-order valence-corrected chi connectivity index (χ3v) is 4.15. The molecule has 1 aromatic rings. The topological polar surface area (TPSA) is 128 Å². The number of carbonyl (C=O) groups excluding carboxylic acids is 2. The Morgan fingerprint density at radius 2 is 1.65 bits per heavy atom. The summed E-state index contributed by atoms with van der Waals surface area (Å²) in [7, 11) is 0. The van der Waals surface area contributed by atoms with Gasteiger partial charge in [-0.05, 0) is 12.1 Å². The summed E-state index contributed by atoms with van der Waals surface area (Å²) in [6, 6.07) is 3.10. The smallest absolute Gasteiger partial charge is 0.256 e. The average molecular weight is 364 g/mol. The molecule has 0 aliphatic carbocycles. The van der Waals surface area contributed by atoms with Crippen molar-refractivity contribution in [3.63, 3.8) is 0 Å². The lowest BCUT2D eigenvalue weighted by atomic mass is 10.1. The first-order valence-electron chi connectivity index (χ1n) is 8.47. The summed E-state index contributed by atoms with van der Waals surface area (Å²) in [4.78, 5) is 24.6. The van der Waals surface area contributed by atoms with Crippen LogP contribution in [-0.4, -0.2) is 69.7 Å². The Labute approximate surface area is 149 Å². The Kier molecular flexibility index (Phi) is 4.66. The van der Waals surface area contributed by atoms with Crippen LogP contribution in [0.25, 0.3) is 0 Å². The molecule has 9 nitrogen and oxygen atoms in total. The van der Waals surface area contributed by atoms with E-state index < -0.39 is 5.91 Å². The van der Waals surface area contributed by atoms with Crippen LogP contribution in [0.5, 0.6) is 11.5 Å². The van der Waals surface area contributed by atoms with Gasteiger partial charge >= 0.3 is 0 Å². The summed E-state index contributed by atoms with van der Waals surface area (Å²) in [5.41, 5.74) is 5.81. The summed E-state index contributed by atoms with van der Waals surface area (Å²) in [6.07, 6.45) is 0.0114. The van der Waals surface area contributed by atoms with Crippen molar-refractivity contribution in [3.05, 3.63) is 23.3 Å². The fourth-order valence-corrected chi connectivity index (χ4v) is 2.42. The predicted octanol–water partition coefficient (Wildman–Crippen LogP) is -0.531. The highest BCUT2D eigenvalue weighted by Crippen LogP contribution is 2.33. The van der Waals surface area contributed by atoms with Gasteiger partial charge in [-0.25, -0.2) is 0 Å². The molecule has 1 aromatic carbocycles. The first-order valence-corrected chi connectivity index (χ1v) is 8.47. The van der Waals surface area contributed by atoms with Gasteiger partial charge in [0.15, 0.2) is 0 Å². The van der Waals surface area contributed by atoms with E-state index in [1.807, 2.05) is 0 Å². The van der Waals surface area contributed by atoms with Crippen LogP contribution in [0, 0.1) is 0 Å². The summed E-state index contributed by atoms with van der Waals surface area (Å²) < 4.78 is 26.7. The number of ether oxygens (including phenoxy) is 5. The number of rotatable bonds is 10. The fourth-order valence-electron chi connectivity index (χ4n) is 2.42. The first-order chi connectivity index (χ1) is 12.6. The van der Waals surface area contributed by atoms with Crippen LogP contribution in [0.3, 0.4) is 0 Å². The molecule has 26 heavy (non-hydrogen) atoms. The molecule has 3 N–H and O–H groups in total. The standard InChI is InChI=1S/C17H20N2O7/c18-16(20)14-13(25-7-10-5-23-10)2-1-12(15(14)26-8-11-6-24-11)17(21)19-3-9-4-22-9/h1-2,9-11H,3-8H2,(H2,18,20)(H,19,21). The summed E-state index contributed by atoms with van der Waals surface area (Å²) in [5, 5.41) is 2.76. The highest BCUT2D eigenvalue weighted by Gasteiger charge is 2.30. The Morgan fingerprint density at radius 3 is 2.23 bits per heavy atom. The zero-order valence-electron chi connectivity index (χ0n) is 14.1. The minimum Gasteiger partial charge on any atom is -0.490 e. The van der Waals surface area contributed by atoms with Gasteiger partial charge in [-0.1, -0.05) is 0 Å². The highest BCUT2D eigenvalue weighted by molar-refractivity contribution is 6.05. The van der Waals surface area contributed by atoms with Crippen molar-refractivity contribution in [2.24, 2.45) is 5.73 Å². The van der Waals surface area contributed by atoms with Crippen LogP contribution in [0.2, 0.25) is 0 Å². The number of amides is 2. The number of nitrogens with one attached hydrogen (secondary N) is 1. The molecule has 0 aromatic heterocycles. The summed E-state index contributed by atoms with van der Waals surface area (Å²) in [5.74, 6) is -0.728. The third kappa shape index (κ3) is 4.24. The summed E-state index contributed by atoms with van der Waals surface area (Å²) in [6.45, 7) is 2.76. The lowest BCUT2D eigenvalue weighted by molar-refractivity contribution is 0.0945. The molecular weight excluding hydrogens is 344 g/mol.